The average Bonchev–Trinajstić information content (AvgIpc) is 2.84. The lowest BCUT2D eigenvalue weighted by atomic mass is 10.1. The number of aromatic carboxylic acids is 1. The minimum atomic E-state index is -1.28. The van der Waals surface area contributed by atoms with Crippen molar-refractivity contribution in [3.8, 4) is 23.4 Å². The van der Waals surface area contributed by atoms with Crippen LogP contribution in [-0.4, -0.2) is 64.2 Å². The Labute approximate surface area is 214 Å². The molecule has 1 aliphatic rings. The summed E-state index contributed by atoms with van der Waals surface area (Å²) in [5, 5.41) is 22.7. The summed E-state index contributed by atoms with van der Waals surface area (Å²) in [7, 11) is 3.04. The van der Waals surface area contributed by atoms with Gasteiger partial charge in [0.05, 0.1) is 17.1 Å². The predicted molar refractivity (Wildman–Crippen MR) is 133 cm³/mol. The molecule has 0 fully saturated rings. The lowest BCUT2D eigenvalue weighted by Gasteiger charge is -2.21. The maximum atomic E-state index is 12.5. The summed E-state index contributed by atoms with van der Waals surface area (Å²) < 4.78 is 11.6. The highest BCUT2D eigenvalue weighted by atomic mass is 35.5. The fourth-order valence-corrected chi connectivity index (χ4v) is 3.41. The molecule has 13 nitrogen and oxygen atoms in total. The molecule has 0 radical (unpaired) electrons. The van der Waals surface area contributed by atoms with E-state index in [4.69, 9.17) is 32.2 Å². The fourth-order valence-electron chi connectivity index (χ4n) is 3.25. The van der Waals surface area contributed by atoms with Gasteiger partial charge in [0.15, 0.2) is 5.82 Å². The number of carboxylic acid groups (broad SMARTS) is 1. The third-order valence-corrected chi connectivity index (χ3v) is 5.31. The van der Waals surface area contributed by atoms with Crippen LogP contribution in [0.2, 0.25) is 5.02 Å². The highest BCUT2D eigenvalue weighted by Crippen LogP contribution is 2.38. The second-order valence-electron chi connectivity index (χ2n) is 7.95. The van der Waals surface area contributed by atoms with Crippen LogP contribution in [0.25, 0.3) is 0 Å². The molecule has 0 saturated heterocycles. The topological polar surface area (TPSA) is 193 Å². The van der Waals surface area contributed by atoms with Gasteiger partial charge in [-0.25, -0.2) is 4.79 Å². The Balaban J connectivity index is 1.78. The Morgan fingerprint density at radius 2 is 1.84 bits per heavy atom. The molecule has 2 amide bonds. The van der Waals surface area contributed by atoms with Gasteiger partial charge in [-0.15, -0.1) is 0 Å². The predicted octanol–water partition coefficient (Wildman–Crippen LogP) is 2.76. The second-order valence-corrected chi connectivity index (χ2v) is 8.36. The number of amidine groups is 1. The fraction of sp³-hybridized carbons (Fsp3) is 0.130. The van der Waals surface area contributed by atoms with Crippen LogP contribution in [0.3, 0.4) is 0 Å². The van der Waals surface area contributed by atoms with Gasteiger partial charge in [0.25, 0.3) is 11.8 Å². The zero-order valence-corrected chi connectivity index (χ0v) is 20.2. The first-order valence-electron chi connectivity index (χ1n) is 10.6. The van der Waals surface area contributed by atoms with Gasteiger partial charge >= 0.3 is 12.0 Å². The molecule has 6 N–H and O–H groups in total. The summed E-state index contributed by atoms with van der Waals surface area (Å²) in [4.78, 5) is 45.9. The monoisotopic (exact) mass is 525 g/mol. The summed E-state index contributed by atoms with van der Waals surface area (Å²) in [6.07, 6.45) is 0. The number of ether oxygens (including phenoxy) is 2. The second kappa shape index (κ2) is 9.99. The molecule has 0 unspecified atom stereocenters. The normalized spacial score (nSPS) is 12.0. The van der Waals surface area contributed by atoms with Crippen molar-refractivity contribution in [2.24, 2.45) is 5.73 Å². The van der Waals surface area contributed by atoms with Crippen molar-refractivity contribution in [3.63, 3.8) is 0 Å². The van der Waals surface area contributed by atoms with Crippen LogP contribution < -0.4 is 25.8 Å². The van der Waals surface area contributed by atoms with E-state index in [-0.39, 0.29) is 63.4 Å². The van der Waals surface area contributed by atoms with Gasteiger partial charge in [0.2, 0.25) is 5.91 Å². The molecule has 3 aromatic rings. The number of aromatic nitrogens is 2. The number of hydrogen-bond donors (Lipinski definition) is 5. The molecule has 37 heavy (non-hydrogen) atoms. The number of halogens is 1. The minimum absolute atomic E-state index is 0.0339. The number of amides is 2. The zero-order chi connectivity index (χ0) is 26.9. The SMILES string of the molecule is CN(C)C(=O)c1cc(Oc2nc(Oc3cc(C(=N)N)ccc3Cl)nc3c2NC(=O)CN3)cc(C(=O)O)c1. The van der Waals surface area contributed by atoms with E-state index in [1.807, 2.05) is 0 Å². The van der Waals surface area contributed by atoms with Crippen LogP contribution in [-0.2, 0) is 4.79 Å². The zero-order valence-electron chi connectivity index (χ0n) is 19.5. The molecule has 2 aromatic carbocycles. The molecule has 1 aromatic heterocycles. The summed E-state index contributed by atoms with van der Waals surface area (Å²) in [5.41, 5.74) is 5.83. The van der Waals surface area contributed by atoms with Crippen molar-refractivity contribution in [1.82, 2.24) is 14.9 Å². The van der Waals surface area contributed by atoms with Crippen molar-refractivity contribution >= 4 is 46.7 Å². The Morgan fingerprint density at radius 3 is 2.51 bits per heavy atom. The van der Waals surface area contributed by atoms with E-state index in [1.54, 1.807) is 6.07 Å². The standard InChI is InChI=1S/C23H20ClN7O6/c1-31(2)21(33)11-5-12(22(34)35)7-13(6-11)36-20-17-19(27-9-16(32)28-17)29-23(30-20)37-15-8-10(18(25)26)3-4-14(15)24/h3-8H,9H2,1-2H3,(H3,25,26)(H,28,32)(H,34,35)(H,27,29,30). The number of nitrogens with zero attached hydrogens (tertiary/aromatic N) is 3. The highest BCUT2D eigenvalue weighted by molar-refractivity contribution is 6.32. The van der Waals surface area contributed by atoms with Gasteiger partial charge in [0.1, 0.15) is 23.0 Å². The smallest absolute Gasteiger partial charge is 0.335 e. The maximum Gasteiger partial charge on any atom is 0.335 e. The number of benzene rings is 2. The first-order valence-corrected chi connectivity index (χ1v) is 10.9. The number of nitrogens with two attached hydrogens (primary N) is 1. The summed E-state index contributed by atoms with van der Waals surface area (Å²) in [6.45, 7) is -0.0839. The Bertz CT molecular complexity index is 1460. The van der Waals surface area contributed by atoms with E-state index in [9.17, 15) is 19.5 Å². The molecular weight excluding hydrogens is 506 g/mol. The molecule has 0 atom stereocenters. The first kappa shape index (κ1) is 25.2. The third-order valence-electron chi connectivity index (χ3n) is 5.00. The van der Waals surface area contributed by atoms with Crippen molar-refractivity contribution in [3.05, 3.63) is 58.1 Å². The number of nitrogen functional groups attached to an aromatic ring is 1. The Morgan fingerprint density at radius 1 is 1.11 bits per heavy atom. The number of carbonyl (C=O) groups is 3. The van der Waals surface area contributed by atoms with Crippen molar-refractivity contribution in [1.29, 1.82) is 5.41 Å². The van der Waals surface area contributed by atoms with E-state index < -0.39 is 17.8 Å². The van der Waals surface area contributed by atoms with Crippen LogP contribution in [0, 0.1) is 5.41 Å². The largest absolute Gasteiger partial charge is 0.478 e. The van der Waals surface area contributed by atoms with Gasteiger partial charge in [-0.3, -0.25) is 15.0 Å². The molecule has 0 saturated carbocycles. The number of anilines is 2. The molecule has 14 heteroatoms. The molecule has 1 aliphatic heterocycles. The molecular formula is C23H20ClN7O6. The molecule has 0 spiro atoms. The maximum absolute atomic E-state index is 12.5. The quantitative estimate of drug-likeness (QED) is 0.226. The number of rotatable bonds is 7. The molecule has 0 bridgehead atoms. The van der Waals surface area contributed by atoms with Gasteiger partial charge in [-0.2, -0.15) is 9.97 Å². The third kappa shape index (κ3) is 5.51. The van der Waals surface area contributed by atoms with E-state index in [1.165, 1.54) is 49.3 Å². The summed E-state index contributed by atoms with van der Waals surface area (Å²) >= 11 is 6.22. The van der Waals surface area contributed by atoms with Gasteiger partial charge in [-0.1, -0.05) is 11.6 Å². The number of nitrogens with one attached hydrogen (secondary N) is 3. The summed E-state index contributed by atoms with van der Waals surface area (Å²) in [5.74, 6) is -2.28. The lowest BCUT2D eigenvalue weighted by Crippen LogP contribution is -2.28. The highest BCUT2D eigenvalue weighted by Gasteiger charge is 2.25. The minimum Gasteiger partial charge on any atom is -0.478 e. The Kier molecular flexibility index (Phi) is 6.80. The van der Waals surface area contributed by atoms with Crippen LogP contribution in [0.15, 0.2) is 36.4 Å². The van der Waals surface area contributed by atoms with Crippen LogP contribution in [0.5, 0.6) is 23.4 Å². The van der Waals surface area contributed by atoms with Crippen molar-refractivity contribution in [2.75, 3.05) is 31.3 Å². The molecule has 0 aliphatic carbocycles. The van der Waals surface area contributed by atoms with Crippen molar-refractivity contribution in [2.45, 2.75) is 0 Å². The molecule has 4 rings (SSSR count). The van der Waals surface area contributed by atoms with Crippen LogP contribution in [0.4, 0.5) is 11.5 Å². The van der Waals surface area contributed by atoms with Gasteiger partial charge in [0, 0.05) is 25.2 Å². The lowest BCUT2D eigenvalue weighted by molar-refractivity contribution is -0.114. The number of hydrogen-bond acceptors (Lipinski definition) is 9. The van der Waals surface area contributed by atoms with E-state index >= 15 is 0 Å². The first-order chi connectivity index (χ1) is 17.5. The molecule has 190 valence electrons. The van der Waals surface area contributed by atoms with Crippen molar-refractivity contribution < 1.29 is 29.0 Å². The number of carbonyl (C=O) groups excluding carboxylic acids is 2. The van der Waals surface area contributed by atoms with E-state index in [0.717, 1.165) is 0 Å². The Hall–Kier alpha value is -4.91. The van der Waals surface area contributed by atoms with Crippen LogP contribution in [0.1, 0.15) is 26.3 Å². The summed E-state index contributed by atoms with van der Waals surface area (Å²) in [6, 6.07) is 7.98. The number of carboxylic acids is 1. The molecule has 2 heterocycles. The van der Waals surface area contributed by atoms with Gasteiger partial charge in [-0.05, 0) is 36.4 Å². The van der Waals surface area contributed by atoms with Crippen LogP contribution >= 0.6 is 11.6 Å². The average molecular weight is 526 g/mol. The number of fused-ring (bicyclic) bond motifs is 1. The van der Waals surface area contributed by atoms with E-state index in [0.29, 0.717) is 5.56 Å². The van der Waals surface area contributed by atoms with Gasteiger partial charge < -0.3 is 35.8 Å². The van der Waals surface area contributed by atoms with E-state index in [2.05, 4.69) is 20.6 Å².